The Labute approximate surface area is 144 Å². The Morgan fingerprint density at radius 2 is 1.17 bits per heavy atom. The van der Waals surface area contributed by atoms with E-state index in [1.807, 2.05) is 0 Å². The zero-order chi connectivity index (χ0) is 16.6. The van der Waals surface area contributed by atoms with Crippen LogP contribution in [0.25, 0.3) is 0 Å². The normalized spacial score (nSPS) is 10.9. The van der Waals surface area contributed by atoms with Crippen LogP contribution in [0.5, 0.6) is 0 Å². The monoisotopic (exact) mass is 316 g/mol. The first-order chi connectivity index (χ1) is 11.8. The SMILES string of the molecule is CCc1cccc(CN(Cc2ccccc2)Cc2ccccc2)n1. The van der Waals surface area contributed by atoms with Crippen LogP contribution in [-0.4, -0.2) is 9.88 Å². The van der Waals surface area contributed by atoms with Gasteiger partial charge in [0.25, 0.3) is 0 Å². The van der Waals surface area contributed by atoms with Crippen LogP contribution in [-0.2, 0) is 26.1 Å². The van der Waals surface area contributed by atoms with Crippen LogP contribution in [0.1, 0.15) is 29.4 Å². The fraction of sp³-hybridized carbons (Fsp3) is 0.227. The molecule has 0 amide bonds. The third-order valence-electron chi connectivity index (χ3n) is 4.11. The van der Waals surface area contributed by atoms with Gasteiger partial charge in [0.15, 0.2) is 0 Å². The highest BCUT2D eigenvalue weighted by Crippen LogP contribution is 2.13. The highest BCUT2D eigenvalue weighted by molar-refractivity contribution is 5.18. The van der Waals surface area contributed by atoms with Gasteiger partial charge < -0.3 is 0 Å². The summed E-state index contributed by atoms with van der Waals surface area (Å²) in [6.07, 6.45) is 0.977. The van der Waals surface area contributed by atoms with Gasteiger partial charge in [-0.05, 0) is 29.7 Å². The highest BCUT2D eigenvalue weighted by atomic mass is 15.1. The molecule has 3 rings (SSSR count). The largest absolute Gasteiger partial charge is 0.289 e. The second kappa shape index (κ2) is 8.42. The van der Waals surface area contributed by atoms with Crippen molar-refractivity contribution in [2.24, 2.45) is 0 Å². The maximum absolute atomic E-state index is 4.77. The van der Waals surface area contributed by atoms with Crippen LogP contribution in [0.2, 0.25) is 0 Å². The predicted octanol–water partition coefficient (Wildman–Crippen LogP) is 4.85. The van der Waals surface area contributed by atoms with Crippen molar-refractivity contribution >= 4 is 0 Å². The highest BCUT2D eigenvalue weighted by Gasteiger charge is 2.09. The summed E-state index contributed by atoms with van der Waals surface area (Å²) in [5.74, 6) is 0. The molecule has 2 heteroatoms. The minimum atomic E-state index is 0.859. The van der Waals surface area contributed by atoms with Crippen LogP contribution in [0.3, 0.4) is 0 Å². The maximum atomic E-state index is 4.77. The quantitative estimate of drug-likeness (QED) is 0.619. The van der Waals surface area contributed by atoms with Crippen molar-refractivity contribution in [2.75, 3.05) is 0 Å². The Kier molecular flexibility index (Phi) is 5.75. The Morgan fingerprint density at radius 1 is 0.625 bits per heavy atom. The molecule has 2 nitrogen and oxygen atoms in total. The van der Waals surface area contributed by atoms with E-state index in [-0.39, 0.29) is 0 Å². The second-order valence-corrected chi connectivity index (χ2v) is 6.09. The zero-order valence-electron chi connectivity index (χ0n) is 14.2. The molecule has 2 aromatic carbocycles. The molecule has 0 aliphatic heterocycles. The summed E-state index contributed by atoms with van der Waals surface area (Å²) in [5, 5.41) is 0. The Bertz CT molecular complexity index is 697. The van der Waals surface area contributed by atoms with E-state index in [9.17, 15) is 0 Å². The average molecular weight is 316 g/mol. The number of benzene rings is 2. The average Bonchev–Trinajstić information content (AvgIpc) is 2.63. The summed E-state index contributed by atoms with van der Waals surface area (Å²) < 4.78 is 0. The number of rotatable bonds is 7. The molecule has 122 valence electrons. The molecule has 1 heterocycles. The van der Waals surface area contributed by atoms with Crippen molar-refractivity contribution in [2.45, 2.75) is 33.0 Å². The number of aromatic nitrogens is 1. The van der Waals surface area contributed by atoms with Crippen molar-refractivity contribution in [3.63, 3.8) is 0 Å². The van der Waals surface area contributed by atoms with Gasteiger partial charge in [0.05, 0.1) is 5.69 Å². The van der Waals surface area contributed by atoms with E-state index in [4.69, 9.17) is 4.98 Å². The van der Waals surface area contributed by atoms with Crippen LogP contribution < -0.4 is 0 Å². The summed E-state index contributed by atoms with van der Waals surface area (Å²) in [6, 6.07) is 27.6. The van der Waals surface area contributed by atoms with Gasteiger partial charge in [-0.1, -0.05) is 73.7 Å². The van der Waals surface area contributed by atoms with Gasteiger partial charge in [-0.3, -0.25) is 9.88 Å². The lowest BCUT2D eigenvalue weighted by atomic mass is 10.1. The lowest BCUT2D eigenvalue weighted by Crippen LogP contribution is -2.23. The fourth-order valence-corrected chi connectivity index (χ4v) is 2.89. The smallest absolute Gasteiger partial charge is 0.0547 e. The first kappa shape index (κ1) is 16.4. The van der Waals surface area contributed by atoms with Crippen LogP contribution >= 0.6 is 0 Å². The van der Waals surface area contributed by atoms with E-state index in [0.717, 1.165) is 37.4 Å². The summed E-state index contributed by atoms with van der Waals surface area (Å²) in [5.41, 5.74) is 4.97. The summed E-state index contributed by atoms with van der Waals surface area (Å²) >= 11 is 0. The standard InChI is InChI=1S/C22H24N2/c1-2-21-14-9-15-22(23-21)18-24(16-19-10-5-3-6-11-19)17-20-12-7-4-8-13-20/h3-15H,2,16-18H2,1H3. The van der Waals surface area contributed by atoms with E-state index in [1.54, 1.807) is 0 Å². The lowest BCUT2D eigenvalue weighted by Gasteiger charge is -2.22. The third kappa shape index (κ3) is 4.77. The van der Waals surface area contributed by atoms with E-state index >= 15 is 0 Å². The number of hydrogen-bond donors (Lipinski definition) is 0. The molecular formula is C22H24N2. The first-order valence-corrected chi connectivity index (χ1v) is 8.58. The molecule has 0 aliphatic carbocycles. The molecule has 0 spiro atoms. The zero-order valence-corrected chi connectivity index (χ0v) is 14.2. The minimum Gasteiger partial charge on any atom is -0.289 e. The molecule has 0 fully saturated rings. The van der Waals surface area contributed by atoms with Gasteiger partial charge >= 0.3 is 0 Å². The van der Waals surface area contributed by atoms with Crippen LogP contribution in [0, 0.1) is 0 Å². The molecular weight excluding hydrogens is 292 g/mol. The molecule has 0 saturated carbocycles. The summed E-state index contributed by atoms with van der Waals surface area (Å²) in [4.78, 5) is 7.22. The third-order valence-corrected chi connectivity index (χ3v) is 4.11. The van der Waals surface area contributed by atoms with Crippen molar-refractivity contribution in [1.82, 2.24) is 9.88 Å². The summed E-state index contributed by atoms with van der Waals surface area (Å²) in [7, 11) is 0. The van der Waals surface area contributed by atoms with E-state index in [2.05, 4.69) is 90.7 Å². The van der Waals surface area contributed by atoms with Gasteiger partial charge in [-0.2, -0.15) is 0 Å². The van der Waals surface area contributed by atoms with Gasteiger partial charge in [0, 0.05) is 25.3 Å². The molecule has 0 bridgehead atoms. The Hall–Kier alpha value is -2.45. The number of hydrogen-bond acceptors (Lipinski definition) is 2. The van der Waals surface area contributed by atoms with Crippen LogP contribution in [0.4, 0.5) is 0 Å². The molecule has 3 aromatic rings. The maximum Gasteiger partial charge on any atom is 0.0547 e. The van der Waals surface area contributed by atoms with Gasteiger partial charge in [-0.15, -0.1) is 0 Å². The molecule has 1 aromatic heterocycles. The summed E-state index contributed by atoms with van der Waals surface area (Å²) in [6.45, 7) is 4.86. The minimum absolute atomic E-state index is 0.859. The molecule has 24 heavy (non-hydrogen) atoms. The van der Waals surface area contributed by atoms with Gasteiger partial charge in [-0.25, -0.2) is 0 Å². The van der Waals surface area contributed by atoms with Crippen molar-refractivity contribution < 1.29 is 0 Å². The predicted molar refractivity (Wildman–Crippen MR) is 99.5 cm³/mol. The van der Waals surface area contributed by atoms with E-state index in [0.29, 0.717) is 0 Å². The van der Waals surface area contributed by atoms with Gasteiger partial charge in [0.2, 0.25) is 0 Å². The topological polar surface area (TPSA) is 16.1 Å². The fourth-order valence-electron chi connectivity index (χ4n) is 2.89. The Balaban J connectivity index is 1.78. The van der Waals surface area contributed by atoms with Crippen molar-refractivity contribution in [3.05, 3.63) is 101 Å². The van der Waals surface area contributed by atoms with Gasteiger partial charge in [0.1, 0.15) is 0 Å². The number of pyridine rings is 1. The Morgan fingerprint density at radius 3 is 1.71 bits per heavy atom. The molecule has 0 saturated heterocycles. The van der Waals surface area contributed by atoms with E-state index < -0.39 is 0 Å². The first-order valence-electron chi connectivity index (χ1n) is 8.58. The lowest BCUT2D eigenvalue weighted by molar-refractivity contribution is 0.244. The molecule has 0 aliphatic rings. The number of aryl methyl sites for hydroxylation is 1. The van der Waals surface area contributed by atoms with Crippen molar-refractivity contribution in [3.8, 4) is 0 Å². The van der Waals surface area contributed by atoms with E-state index in [1.165, 1.54) is 11.1 Å². The molecule has 0 atom stereocenters. The second-order valence-electron chi connectivity index (χ2n) is 6.09. The van der Waals surface area contributed by atoms with Crippen molar-refractivity contribution in [1.29, 1.82) is 0 Å². The molecule has 0 radical (unpaired) electrons. The van der Waals surface area contributed by atoms with Crippen LogP contribution in [0.15, 0.2) is 78.9 Å². The molecule has 0 unspecified atom stereocenters. The molecule has 0 N–H and O–H groups in total. The number of nitrogens with zero attached hydrogens (tertiary/aromatic N) is 2.